The second-order valence-corrected chi connectivity index (χ2v) is 5.70. The highest BCUT2D eigenvalue weighted by molar-refractivity contribution is 5.99. The molecule has 2 heterocycles. The second kappa shape index (κ2) is 5.96. The van der Waals surface area contributed by atoms with Crippen molar-refractivity contribution in [3.63, 3.8) is 0 Å². The number of carbonyl (C=O) groups is 2. The Morgan fingerprint density at radius 3 is 2.91 bits per heavy atom. The summed E-state index contributed by atoms with van der Waals surface area (Å²) < 4.78 is 5.56. The number of para-hydroxylation sites is 1. The van der Waals surface area contributed by atoms with Crippen LogP contribution in [0.2, 0.25) is 0 Å². The first-order valence-electron chi connectivity index (χ1n) is 7.57. The third-order valence-corrected chi connectivity index (χ3v) is 4.25. The van der Waals surface area contributed by atoms with Crippen molar-refractivity contribution >= 4 is 17.5 Å². The van der Waals surface area contributed by atoms with Gasteiger partial charge in [0.1, 0.15) is 5.75 Å². The largest absolute Gasteiger partial charge is 0.506 e. The summed E-state index contributed by atoms with van der Waals surface area (Å²) in [6.45, 7) is 3.20. The number of morpholine rings is 1. The van der Waals surface area contributed by atoms with Crippen LogP contribution in [0.4, 0.5) is 5.69 Å². The van der Waals surface area contributed by atoms with E-state index in [1.807, 2.05) is 6.07 Å². The van der Waals surface area contributed by atoms with E-state index >= 15 is 0 Å². The summed E-state index contributed by atoms with van der Waals surface area (Å²) in [5.41, 5.74) is 1.56. The van der Waals surface area contributed by atoms with Crippen LogP contribution in [-0.2, 0) is 20.7 Å². The molecule has 0 radical (unpaired) electrons. The number of ether oxygens (including phenoxy) is 1. The molecule has 2 aliphatic heterocycles. The third-order valence-electron chi connectivity index (χ3n) is 4.25. The van der Waals surface area contributed by atoms with E-state index in [4.69, 9.17) is 4.74 Å². The van der Waals surface area contributed by atoms with Gasteiger partial charge in [0, 0.05) is 20.0 Å². The monoisotopic (exact) mass is 304 g/mol. The highest BCUT2D eigenvalue weighted by atomic mass is 16.5. The highest BCUT2D eigenvalue weighted by Crippen LogP contribution is 2.36. The molecule has 22 heavy (non-hydrogen) atoms. The Morgan fingerprint density at radius 2 is 2.14 bits per heavy atom. The molecule has 1 aromatic carbocycles. The fourth-order valence-electron chi connectivity index (χ4n) is 3.11. The van der Waals surface area contributed by atoms with Crippen molar-refractivity contribution in [2.24, 2.45) is 0 Å². The molecule has 6 heteroatoms. The van der Waals surface area contributed by atoms with Gasteiger partial charge >= 0.3 is 0 Å². The topological polar surface area (TPSA) is 70.1 Å². The van der Waals surface area contributed by atoms with Gasteiger partial charge in [-0.1, -0.05) is 12.1 Å². The molecule has 1 unspecified atom stereocenters. The van der Waals surface area contributed by atoms with Gasteiger partial charge in [-0.05, 0) is 24.5 Å². The molecule has 1 N–H and O–H groups in total. The van der Waals surface area contributed by atoms with E-state index < -0.39 is 6.10 Å². The van der Waals surface area contributed by atoms with E-state index in [1.54, 1.807) is 21.9 Å². The number of fused-ring (bicyclic) bond motifs is 1. The van der Waals surface area contributed by atoms with Gasteiger partial charge in [0.05, 0.1) is 18.8 Å². The normalized spacial score (nSPS) is 21.4. The van der Waals surface area contributed by atoms with Crippen molar-refractivity contribution < 1.29 is 19.4 Å². The number of rotatable bonds is 1. The summed E-state index contributed by atoms with van der Waals surface area (Å²) in [5, 5.41) is 10.1. The Morgan fingerprint density at radius 1 is 1.32 bits per heavy atom. The van der Waals surface area contributed by atoms with Gasteiger partial charge in [-0.15, -0.1) is 0 Å². The molecule has 118 valence electrons. The minimum atomic E-state index is -0.664. The zero-order chi connectivity index (χ0) is 15.7. The summed E-state index contributed by atoms with van der Waals surface area (Å²) in [5.74, 6) is -0.124. The van der Waals surface area contributed by atoms with Crippen LogP contribution in [0.1, 0.15) is 18.9 Å². The van der Waals surface area contributed by atoms with E-state index in [9.17, 15) is 14.7 Å². The maximum absolute atomic E-state index is 12.8. The Labute approximate surface area is 129 Å². The van der Waals surface area contributed by atoms with Crippen molar-refractivity contribution in [1.29, 1.82) is 0 Å². The fraction of sp³-hybridized carbons (Fsp3) is 0.500. The molecule has 0 saturated carbocycles. The number of benzene rings is 1. The third kappa shape index (κ3) is 2.66. The van der Waals surface area contributed by atoms with E-state index in [-0.39, 0.29) is 24.1 Å². The zero-order valence-electron chi connectivity index (χ0n) is 12.6. The predicted octanol–water partition coefficient (Wildman–Crippen LogP) is 0.919. The molecule has 1 saturated heterocycles. The number of hydrogen-bond acceptors (Lipinski definition) is 4. The number of anilines is 1. The molecule has 2 amide bonds. The van der Waals surface area contributed by atoms with E-state index in [0.29, 0.717) is 25.4 Å². The summed E-state index contributed by atoms with van der Waals surface area (Å²) >= 11 is 0. The van der Waals surface area contributed by atoms with Crippen LogP contribution >= 0.6 is 0 Å². The molecule has 3 rings (SSSR count). The lowest BCUT2D eigenvalue weighted by atomic mass is 10.00. The number of aromatic hydroxyl groups is 1. The Kier molecular flexibility index (Phi) is 4.02. The Bertz CT molecular complexity index is 602. The van der Waals surface area contributed by atoms with Crippen LogP contribution in [0, 0.1) is 0 Å². The number of aryl methyl sites for hydroxylation is 1. The van der Waals surface area contributed by atoms with Crippen molar-refractivity contribution in [3.05, 3.63) is 23.8 Å². The number of hydrogen-bond donors (Lipinski definition) is 1. The minimum Gasteiger partial charge on any atom is -0.506 e. The number of phenols is 1. The van der Waals surface area contributed by atoms with Crippen LogP contribution in [0.3, 0.4) is 0 Å². The average molecular weight is 304 g/mol. The van der Waals surface area contributed by atoms with Gasteiger partial charge in [0.15, 0.2) is 6.10 Å². The lowest BCUT2D eigenvalue weighted by molar-refractivity contribution is -0.144. The number of amides is 2. The van der Waals surface area contributed by atoms with Crippen LogP contribution in [0.5, 0.6) is 5.75 Å². The lowest BCUT2D eigenvalue weighted by Gasteiger charge is -2.36. The first-order valence-corrected chi connectivity index (χ1v) is 7.57. The van der Waals surface area contributed by atoms with Gasteiger partial charge in [0.25, 0.3) is 5.91 Å². The smallest absolute Gasteiger partial charge is 0.258 e. The van der Waals surface area contributed by atoms with E-state index in [2.05, 4.69) is 0 Å². The molecule has 6 nitrogen and oxygen atoms in total. The Hall–Kier alpha value is -2.08. The number of carbonyl (C=O) groups excluding carboxylic acids is 2. The minimum absolute atomic E-state index is 0.0528. The van der Waals surface area contributed by atoms with Crippen molar-refractivity contribution in [2.45, 2.75) is 25.9 Å². The molecule has 0 aromatic heterocycles. The molecular weight excluding hydrogens is 284 g/mol. The predicted molar refractivity (Wildman–Crippen MR) is 80.8 cm³/mol. The first-order chi connectivity index (χ1) is 10.6. The van der Waals surface area contributed by atoms with Crippen molar-refractivity contribution in [1.82, 2.24) is 4.90 Å². The summed E-state index contributed by atoms with van der Waals surface area (Å²) in [7, 11) is 0. The number of phenolic OH excluding ortho intramolecular Hbond substituents is 1. The molecule has 0 bridgehead atoms. The molecular formula is C16H20N2O4. The molecule has 0 spiro atoms. The zero-order valence-corrected chi connectivity index (χ0v) is 12.6. The van der Waals surface area contributed by atoms with Gasteiger partial charge < -0.3 is 19.6 Å². The second-order valence-electron chi connectivity index (χ2n) is 5.70. The molecule has 1 fully saturated rings. The standard InChI is InChI=1S/C16H20N2O4/c1-11(19)17-8-9-22-14(10-17)16(21)18-7-3-5-12-4-2-6-13(20)15(12)18/h2,4,6,14,20H,3,5,7-10H2,1H3. The average Bonchev–Trinajstić information content (AvgIpc) is 2.54. The first kappa shape index (κ1) is 14.8. The Balaban J connectivity index is 1.83. The van der Waals surface area contributed by atoms with Crippen molar-refractivity contribution in [2.75, 3.05) is 31.1 Å². The van der Waals surface area contributed by atoms with Crippen LogP contribution in [-0.4, -0.2) is 54.2 Å². The molecule has 0 aliphatic carbocycles. The van der Waals surface area contributed by atoms with Crippen LogP contribution in [0.25, 0.3) is 0 Å². The quantitative estimate of drug-likeness (QED) is 0.837. The molecule has 2 aliphatic rings. The summed E-state index contributed by atoms with van der Waals surface area (Å²) in [6.07, 6.45) is 1.03. The van der Waals surface area contributed by atoms with Gasteiger partial charge in [-0.25, -0.2) is 0 Å². The maximum atomic E-state index is 12.8. The van der Waals surface area contributed by atoms with E-state index in [1.165, 1.54) is 6.92 Å². The summed E-state index contributed by atoms with van der Waals surface area (Å²) in [6, 6.07) is 5.31. The highest BCUT2D eigenvalue weighted by Gasteiger charge is 2.34. The van der Waals surface area contributed by atoms with Crippen molar-refractivity contribution in [3.8, 4) is 5.75 Å². The lowest BCUT2D eigenvalue weighted by Crippen LogP contribution is -2.53. The van der Waals surface area contributed by atoms with Crippen LogP contribution < -0.4 is 4.90 Å². The summed E-state index contributed by atoms with van der Waals surface area (Å²) in [4.78, 5) is 27.5. The maximum Gasteiger partial charge on any atom is 0.258 e. The molecule has 1 atom stereocenters. The van der Waals surface area contributed by atoms with Crippen LogP contribution in [0.15, 0.2) is 18.2 Å². The SMILES string of the molecule is CC(=O)N1CCOC(C(=O)N2CCCc3cccc(O)c32)C1. The van der Waals surface area contributed by atoms with Gasteiger partial charge in [-0.2, -0.15) is 0 Å². The van der Waals surface area contributed by atoms with Gasteiger partial charge in [-0.3, -0.25) is 9.59 Å². The van der Waals surface area contributed by atoms with Gasteiger partial charge in [0.2, 0.25) is 5.91 Å². The fourth-order valence-corrected chi connectivity index (χ4v) is 3.11. The molecule has 1 aromatic rings. The van der Waals surface area contributed by atoms with E-state index in [0.717, 1.165) is 18.4 Å². The number of nitrogens with zero attached hydrogens (tertiary/aromatic N) is 2.